The molecule has 0 saturated carbocycles. The molecule has 3 N–H and O–H groups in total. The fourth-order valence-electron chi connectivity index (χ4n) is 4.47. The van der Waals surface area contributed by atoms with Gasteiger partial charge in [0.1, 0.15) is 5.60 Å². The highest BCUT2D eigenvalue weighted by Crippen LogP contribution is 2.36. The van der Waals surface area contributed by atoms with Crippen LogP contribution in [-0.4, -0.2) is 64.2 Å². The predicted molar refractivity (Wildman–Crippen MR) is 118 cm³/mol. The Morgan fingerprint density at radius 2 is 1.59 bits per heavy atom. The number of nitrogens with zero attached hydrogens (tertiary/aromatic N) is 1. The minimum absolute atomic E-state index is 0.150. The lowest BCUT2D eigenvalue weighted by atomic mass is 9.93. The Kier molecular flexibility index (Phi) is 9.90. The summed E-state index contributed by atoms with van der Waals surface area (Å²) in [4.78, 5) is 14.0. The molecule has 2 atom stereocenters. The average Bonchev–Trinajstić information content (AvgIpc) is 3.08. The number of amides is 1. The van der Waals surface area contributed by atoms with Crippen molar-refractivity contribution in [2.75, 3.05) is 26.3 Å². The first-order valence-electron chi connectivity index (χ1n) is 11.3. The van der Waals surface area contributed by atoms with Crippen LogP contribution in [0, 0.1) is 11.8 Å². The van der Waals surface area contributed by atoms with Gasteiger partial charge in [0.25, 0.3) is 0 Å². The lowest BCUT2D eigenvalue weighted by molar-refractivity contribution is 0.0131. The molecule has 2 aliphatic heterocycles. The molecule has 0 spiro atoms. The molecular weight excluding hydrogens is 368 g/mol. The Balaban J connectivity index is 0.000000326. The Morgan fingerprint density at radius 1 is 1.03 bits per heavy atom. The Labute approximate surface area is 178 Å². The second-order valence-corrected chi connectivity index (χ2v) is 11.0. The summed E-state index contributed by atoms with van der Waals surface area (Å²) in [5, 5.41) is 21.0. The van der Waals surface area contributed by atoms with E-state index >= 15 is 0 Å². The minimum Gasteiger partial charge on any atom is -0.444 e. The van der Waals surface area contributed by atoms with Crippen molar-refractivity contribution < 1.29 is 19.7 Å². The molecule has 172 valence electrons. The number of carbonyl (C=O) groups excluding carboxylic acids is 1. The molecule has 0 aromatic heterocycles. The lowest BCUT2D eigenvalue weighted by Crippen LogP contribution is -2.45. The molecule has 2 fully saturated rings. The van der Waals surface area contributed by atoms with Gasteiger partial charge < -0.3 is 25.2 Å². The largest absolute Gasteiger partial charge is 0.444 e. The molecule has 0 aliphatic carbocycles. The van der Waals surface area contributed by atoms with Crippen LogP contribution in [0.3, 0.4) is 0 Å². The second kappa shape index (κ2) is 11.0. The van der Waals surface area contributed by atoms with Crippen molar-refractivity contribution in [3.05, 3.63) is 0 Å². The highest BCUT2D eigenvalue weighted by atomic mass is 16.6. The number of aliphatic hydroxyl groups excluding tert-OH is 2. The van der Waals surface area contributed by atoms with Crippen LogP contribution >= 0.6 is 0 Å². The molecule has 2 aliphatic rings. The van der Waals surface area contributed by atoms with Crippen molar-refractivity contribution in [3.8, 4) is 0 Å². The summed E-state index contributed by atoms with van der Waals surface area (Å²) in [5.74, 6) is 1.26. The van der Waals surface area contributed by atoms with Crippen LogP contribution in [0.15, 0.2) is 0 Å². The van der Waals surface area contributed by atoms with Crippen LogP contribution in [0.4, 0.5) is 4.79 Å². The van der Waals surface area contributed by atoms with E-state index in [0.717, 1.165) is 44.7 Å². The first-order chi connectivity index (χ1) is 13.3. The summed E-state index contributed by atoms with van der Waals surface area (Å²) in [6.07, 6.45) is 5.93. The zero-order chi connectivity index (χ0) is 22.3. The average molecular weight is 415 g/mol. The van der Waals surface area contributed by atoms with E-state index in [2.05, 4.69) is 33.0 Å². The summed E-state index contributed by atoms with van der Waals surface area (Å²) >= 11 is 0. The minimum atomic E-state index is -0.448. The maximum atomic E-state index is 12.2. The number of rotatable bonds is 6. The van der Waals surface area contributed by atoms with E-state index in [1.54, 1.807) is 0 Å². The third kappa shape index (κ3) is 9.67. The van der Waals surface area contributed by atoms with E-state index in [1.165, 1.54) is 12.8 Å². The van der Waals surface area contributed by atoms with Crippen molar-refractivity contribution >= 4 is 6.09 Å². The number of carbonyl (C=O) groups is 1. The maximum Gasteiger partial charge on any atom is 0.410 e. The number of hydrogen-bond donors (Lipinski definition) is 3. The summed E-state index contributed by atoms with van der Waals surface area (Å²) < 4.78 is 5.45. The van der Waals surface area contributed by atoms with Crippen LogP contribution in [0.1, 0.15) is 87.0 Å². The Hall–Kier alpha value is -0.850. The van der Waals surface area contributed by atoms with Crippen LogP contribution in [0.2, 0.25) is 0 Å². The first-order valence-corrected chi connectivity index (χ1v) is 11.3. The topological polar surface area (TPSA) is 82.0 Å². The number of hydrogen-bond acceptors (Lipinski definition) is 5. The summed E-state index contributed by atoms with van der Waals surface area (Å²) in [6, 6.07) is 0. The van der Waals surface area contributed by atoms with Gasteiger partial charge in [-0.25, -0.2) is 4.79 Å². The van der Waals surface area contributed by atoms with Gasteiger partial charge in [0, 0.05) is 30.8 Å². The fourth-order valence-corrected chi connectivity index (χ4v) is 4.47. The zero-order valence-electron chi connectivity index (χ0n) is 19.9. The summed E-state index contributed by atoms with van der Waals surface area (Å²) in [6.45, 7) is 16.7. The molecule has 29 heavy (non-hydrogen) atoms. The predicted octanol–water partition coefficient (Wildman–Crippen LogP) is 3.94. The van der Waals surface area contributed by atoms with Crippen molar-refractivity contribution in [1.82, 2.24) is 10.2 Å². The standard InChI is InChI=1S/C14H27NO3.C9H19NO/c1-13(2,3)18-12(17)15-10-11(7-6-8-16)9-14(15,4)5;1-9(2)6-8(7-10-9)4-3-5-11/h11,16H,6-10H2,1-5H3;8,10-11H,3-7H2,1-2H3/t11-;8-/m00/s1. The number of aliphatic hydroxyl groups is 2. The van der Waals surface area contributed by atoms with Crippen molar-refractivity contribution in [2.24, 2.45) is 11.8 Å². The van der Waals surface area contributed by atoms with E-state index < -0.39 is 5.60 Å². The smallest absolute Gasteiger partial charge is 0.410 e. The van der Waals surface area contributed by atoms with Crippen molar-refractivity contribution in [1.29, 1.82) is 0 Å². The van der Waals surface area contributed by atoms with Crippen LogP contribution < -0.4 is 5.32 Å². The highest BCUT2D eigenvalue weighted by Gasteiger charge is 2.42. The first kappa shape index (κ1) is 26.2. The van der Waals surface area contributed by atoms with Crippen molar-refractivity contribution in [2.45, 2.75) is 104 Å². The van der Waals surface area contributed by atoms with Gasteiger partial charge in [-0.15, -0.1) is 0 Å². The van der Waals surface area contributed by atoms with Gasteiger partial charge >= 0.3 is 6.09 Å². The highest BCUT2D eigenvalue weighted by molar-refractivity contribution is 5.69. The lowest BCUT2D eigenvalue weighted by Gasteiger charge is -2.33. The van der Waals surface area contributed by atoms with E-state index in [1.807, 2.05) is 25.7 Å². The molecular formula is C23H46N2O4. The fraction of sp³-hybridized carbons (Fsp3) is 0.957. The van der Waals surface area contributed by atoms with Gasteiger partial charge in [0.2, 0.25) is 0 Å². The molecule has 6 nitrogen and oxygen atoms in total. The molecule has 6 heteroatoms. The molecule has 1 amide bonds. The molecule has 2 rings (SSSR count). The van der Waals surface area contributed by atoms with Gasteiger partial charge in [-0.3, -0.25) is 0 Å². The molecule has 0 aromatic carbocycles. The van der Waals surface area contributed by atoms with E-state index in [0.29, 0.717) is 18.1 Å². The van der Waals surface area contributed by atoms with E-state index in [9.17, 15) is 4.79 Å². The Morgan fingerprint density at radius 3 is 2.03 bits per heavy atom. The zero-order valence-corrected chi connectivity index (χ0v) is 19.9. The molecule has 2 heterocycles. The van der Waals surface area contributed by atoms with Crippen LogP contribution in [-0.2, 0) is 4.74 Å². The summed E-state index contributed by atoms with van der Waals surface area (Å²) in [7, 11) is 0. The quantitative estimate of drug-likeness (QED) is 0.613. The van der Waals surface area contributed by atoms with Crippen LogP contribution in [0.5, 0.6) is 0 Å². The SMILES string of the molecule is CC(C)(C)OC(=O)N1C[C@@H](CCCO)CC1(C)C.CC1(C)C[C@H](CCCO)CN1. The van der Waals surface area contributed by atoms with E-state index in [-0.39, 0.29) is 18.2 Å². The molecule has 0 unspecified atom stereocenters. The van der Waals surface area contributed by atoms with Gasteiger partial charge in [-0.1, -0.05) is 0 Å². The molecule has 2 saturated heterocycles. The summed E-state index contributed by atoms with van der Waals surface area (Å²) in [5.41, 5.74) is -0.265. The van der Waals surface area contributed by atoms with Crippen LogP contribution in [0.25, 0.3) is 0 Å². The molecule has 0 radical (unpaired) electrons. The van der Waals surface area contributed by atoms with Gasteiger partial charge in [-0.2, -0.15) is 0 Å². The normalized spacial score (nSPS) is 25.5. The van der Waals surface area contributed by atoms with Crippen molar-refractivity contribution in [3.63, 3.8) is 0 Å². The second-order valence-electron chi connectivity index (χ2n) is 11.0. The Bertz CT molecular complexity index is 500. The van der Waals surface area contributed by atoms with Gasteiger partial charge in [0.05, 0.1) is 0 Å². The number of likely N-dealkylation sites (tertiary alicyclic amines) is 1. The number of ether oxygens (including phenoxy) is 1. The van der Waals surface area contributed by atoms with E-state index in [4.69, 9.17) is 14.9 Å². The van der Waals surface area contributed by atoms with Gasteiger partial charge in [-0.05, 0) is 105 Å². The third-order valence-corrected chi connectivity index (χ3v) is 5.78. The maximum absolute atomic E-state index is 12.2. The molecule has 0 bridgehead atoms. The monoisotopic (exact) mass is 414 g/mol. The third-order valence-electron chi connectivity index (χ3n) is 5.78. The van der Waals surface area contributed by atoms with Gasteiger partial charge in [0.15, 0.2) is 0 Å². The molecule has 0 aromatic rings. The number of nitrogens with one attached hydrogen (secondary N) is 1.